The molecule has 10 nitrogen and oxygen atoms in total. The highest BCUT2D eigenvalue weighted by molar-refractivity contribution is 5.83. The zero-order chi connectivity index (χ0) is 33.0. The predicted molar refractivity (Wildman–Crippen MR) is 178 cm³/mol. The van der Waals surface area contributed by atoms with E-state index in [0.717, 1.165) is 57.9 Å². The van der Waals surface area contributed by atoms with E-state index < -0.39 is 11.2 Å². The molecule has 2 aromatic carbocycles. The molecule has 46 heavy (non-hydrogen) atoms. The van der Waals surface area contributed by atoms with Crippen LogP contribution >= 0.6 is 0 Å². The average molecular weight is 627 g/mol. The maximum absolute atomic E-state index is 13.0. The number of ether oxygens (including phenoxy) is 2. The number of hydrogen-bond donors (Lipinski definition) is 2. The number of nitrogens with one attached hydrogen (secondary N) is 2. The zero-order valence-electron chi connectivity index (χ0n) is 28.2. The van der Waals surface area contributed by atoms with Crippen molar-refractivity contribution < 1.29 is 19.1 Å². The number of imidazole rings is 2. The molecular formula is C36H46N6O4. The van der Waals surface area contributed by atoms with Crippen LogP contribution in [0.3, 0.4) is 0 Å². The van der Waals surface area contributed by atoms with Crippen molar-refractivity contribution in [3.05, 3.63) is 60.3 Å². The fourth-order valence-electron chi connectivity index (χ4n) is 6.51. The SMILES string of the molecule is C[C@H]1C[C@@H](c2nc(-c3ccc(-c4ccc5[nH]c([C@@H]6C[C@H](C)CN6C(=O)OC(C)(C)C)nc5c4)cc3)c[nH]2)N(C(=O)OC(C)(C)C)C1. The molecule has 0 unspecified atom stereocenters. The molecule has 10 heteroatoms. The van der Waals surface area contributed by atoms with Crippen LogP contribution in [0.1, 0.15) is 92.0 Å². The number of aromatic nitrogens is 4. The Morgan fingerprint density at radius 1 is 0.739 bits per heavy atom. The van der Waals surface area contributed by atoms with Crippen molar-refractivity contribution in [3.63, 3.8) is 0 Å². The van der Waals surface area contributed by atoms with E-state index in [1.54, 1.807) is 9.80 Å². The number of likely N-dealkylation sites (tertiary alicyclic amines) is 2. The van der Waals surface area contributed by atoms with Crippen LogP contribution in [0.2, 0.25) is 0 Å². The second kappa shape index (κ2) is 11.8. The second-order valence-electron chi connectivity index (χ2n) is 15.1. The van der Waals surface area contributed by atoms with Crippen molar-refractivity contribution in [2.45, 2.75) is 91.5 Å². The highest BCUT2D eigenvalue weighted by Gasteiger charge is 2.39. The van der Waals surface area contributed by atoms with Gasteiger partial charge in [0.25, 0.3) is 0 Å². The molecule has 2 aliphatic heterocycles. The molecule has 244 valence electrons. The number of carbonyl (C=O) groups is 2. The molecule has 0 spiro atoms. The number of amides is 2. The van der Waals surface area contributed by atoms with Crippen LogP contribution in [-0.4, -0.2) is 66.2 Å². The summed E-state index contributed by atoms with van der Waals surface area (Å²) >= 11 is 0. The summed E-state index contributed by atoms with van der Waals surface area (Å²) in [7, 11) is 0. The molecule has 4 aromatic rings. The normalized spacial score (nSPS) is 22.1. The topological polar surface area (TPSA) is 116 Å². The minimum atomic E-state index is -0.553. The zero-order valence-corrected chi connectivity index (χ0v) is 28.2. The van der Waals surface area contributed by atoms with Crippen LogP contribution in [0.25, 0.3) is 33.4 Å². The van der Waals surface area contributed by atoms with Gasteiger partial charge in [0.1, 0.15) is 22.9 Å². The van der Waals surface area contributed by atoms with Gasteiger partial charge in [0.2, 0.25) is 0 Å². The van der Waals surface area contributed by atoms with E-state index in [1.807, 2.05) is 53.8 Å². The molecule has 0 radical (unpaired) electrons. The fourth-order valence-corrected chi connectivity index (χ4v) is 6.51. The Bertz CT molecular complexity index is 1730. The smallest absolute Gasteiger partial charge is 0.410 e. The number of fused-ring (bicyclic) bond motifs is 1. The Morgan fingerprint density at radius 3 is 1.83 bits per heavy atom. The quantitative estimate of drug-likeness (QED) is 0.236. The summed E-state index contributed by atoms with van der Waals surface area (Å²) in [6.07, 6.45) is 2.97. The molecule has 2 N–H and O–H groups in total. The highest BCUT2D eigenvalue weighted by atomic mass is 16.6. The van der Waals surface area contributed by atoms with Gasteiger partial charge in [0.15, 0.2) is 0 Å². The Labute approximate surface area is 270 Å². The third-order valence-corrected chi connectivity index (χ3v) is 8.52. The number of nitrogens with zero attached hydrogens (tertiary/aromatic N) is 4. The van der Waals surface area contributed by atoms with Crippen LogP contribution in [0.5, 0.6) is 0 Å². The first-order valence-corrected chi connectivity index (χ1v) is 16.3. The number of aromatic amines is 2. The minimum Gasteiger partial charge on any atom is -0.444 e. The molecule has 6 rings (SSSR count). The van der Waals surface area contributed by atoms with Gasteiger partial charge in [0, 0.05) is 24.8 Å². The van der Waals surface area contributed by atoms with Gasteiger partial charge in [-0.2, -0.15) is 0 Å². The lowest BCUT2D eigenvalue weighted by atomic mass is 10.0. The number of carbonyl (C=O) groups excluding carboxylic acids is 2. The molecule has 4 heterocycles. The molecular weight excluding hydrogens is 580 g/mol. The van der Waals surface area contributed by atoms with E-state index in [-0.39, 0.29) is 24.3 Å². The summed E-state index contributed by atoms with van der Waals surface area (Å²) in [5.41, 5.74) is 4.63. The van der Waals surface area contributed by atoms with Crippen LogP contribution in [0.15, 0.2) is 48.7 Å². The van der Waals surface area contributed by atoms with Crippen molar-refractivity contribution >= 4 is 23.2 Å². The van der Waals surface area contributed by atoms with Gasteiger partial charge in [-0.3, -0.25) is 9.80 Å². The Hall–Kier alpha value is -4.34. The van der Waals surface area contributed by atoms with Crippen molar-refractivity contribution in [1.82, 2.24) is 29.7 Å². The average Bonchev–Trinajstić information content (AvgIpc) is 3.75. The van der Waals surface area contributed by atoms with E-state index in [4.69, 9.17) is 19.4 Å². The van der Waals surface area contributed by atoms with Gasteiger partial charge in [-0.05, 0) is 89.5 Å². The maximum Gasteiger partial charge on any atom is 0.410 e. The Balaban J connectivity index is 1.18. The van der Waals surface area contributed by atoms with Gasteiger partial charge in [-0.25, -0.2) is 19.6 Å². The van der Waals surface area contributed by atoms with Gasteiger partial charge in [-0.1, -0.05) is 44.2 Å². The third-order valence-electron chi connectivity index (χ3n) is 8.52. The Kier molecular flexibility index (Phi) is 8.11. The largest absolute Gasteiger partial charge is 0.444 e. The van der Waals surface area contributed by atoms with Crippen LogP contribution in [-0.2, 0) is 9.47 Å². The standard InChI is InChI=1S/C36H46N6O4/c1-21-15-29(41(19-21)33(43)45-35(3,4)5)31-37-18-28(40-31)24-11-9-23(10-12-24)25-13-14-26-27(17-25)39-32(38-26)30-16-22(2)20-42(30)34(44)46-36(6,7)8/h9-14,17-18,21-22,29-30H,15-16,19-20H2,1-8H3,(H,37,40)(H,38,39)/t21-,22-,29-,30-/m0/s1. The van der Waals surface area contributed by atoms with Crippen molar-refractivity contribution in [2.75, 3.05) is 13.1 Å². The van der Waals surface area contributed by atoms with E-state index in [2.05, 4.69) is 60.2 Å². The molecule has 2 fully saturated rings. The summed E-state index contributed by atoms with van der Waals surface area (Å²) in [6, 6.07) is 14.2. The van der Waals surface area contributed by atoms with Gasteiger partial charge >= 0.3 is 12.2 Å². The van der Waals surface area contributed by atoms with Crippen LogP contribution in [0.4, 0.5) is 9.59 Å². The Morgan fingerprint density at radius 2 is 1.26 bits per heavy atom. The monoisotopic (exact) mass is 626 g/mol. The molecule has 0 aliphatic carbocycles. The molecule has 2 aliphatic rings. The maximum atomic E-state index is 13.0. The first-order chi connectivity index (χ1) is 21.6. The molecule has 2 amide bonds. The lowest BCUT2D eigenvalue weighted by molar-refractivity contribution is 0.0204. The summed E-state index contributed by atoms with van der Waals surface area (Å²) in [5.74, 6) is 2.28. The minimum absolute atomic E-state index is 0.146. The summed E-state index contributed by atoms with van der Waals surface area (Å²) in [4.78, 5) is 46.1. The van der Waals surface area contributed by atoms with Crippen molar-refractivity contribution in [3.8, 4) is 22.4 Å². The van der Waals surface area contributed by atoms with E-state index in [1.165, 1.54) is 0 Å². The van der Waals surface area contributed by atoms with Gasteiger partial charge in [-0.15, -0.1) is 0 Å². The molecule has 4 atom stereocenters. The van der Waals surface area contributed by atoms with Gasteiger partial charge in [0.05, 0.1) is 28.8 Å². The summed E-state index contributed by atoms with van der Waals surface area (Å²) < 4.78 is 11.4. The van der Waals surface area contributed by atoms with E-state index >= 15 is 0 Å². The van der Waals surface area contributed by atoms with Crippen LogP contribution < -0.4 is 0 Å². The van der Waals surface area contributed by atoms with Crippen molar-refractivity contribution in [2.24, 2.45) is 11.8 Å². The first kappa shape index (κ1) is 31.6. The molecule has 0 bridgehead atoms. The lowest BCUT2D eigenvalue weighted by Gasteiger charge is -2.27. The first-order valence-electron chi connectivity index (χ1n) is 16.3. The molecule has 0 saturated carbocycles. The second-order valence-corrected chi connectivity index (χ2v) is 15.1. The lowest BCUT2D eigenvalue weighted by Crippen LogP contribution is -2.37. The van der Waals surface area contributed by atoms with Crippen LogP contribution in [0, 0.1) is 11.8 Å². The fraction of sp³-hybridized carbons (Fsp3) is 0.500. The summed E-state index contributed by atoms with van der Waals surface area (Å²) in [6.45, 7) is 16.9. The van der Waals surface area contributed by atoms with E-state index in [9.17, 15) is 9.59 Å². The van der Waals surface area contributed by atoms with Crippen molar-refractivity contribution in [1.29, 1.82) is 0 Å². The number of H-pyrrole nitrogens is 2. The number of hydrogen-bond acceptors (Lipinski definition) is 6. The highest BCUT2D eigenvalue weighted by Crippen LogP contribution is 2.38. The molecule has 2 aromatic heterocycles. The number of rotatable bonds is 4. The third kappa shape index (κ3) is 6.76. The summed E-state index contributed by atoms with van der Waals surface area (Å²) in [5, 5.41) is 0. The predicted octanol–water partition coefficient (Wildman–Crippen LogP) is 8.26. The molecule has 2 saturated heterocycles. The number of benzene rings is 2. The van der Waals surface area contributed by atoms with Gasteiger partial charge < -0.3 is 19.4 Å². The van der Waals surface area contributed by atoms with E-state index in [0.29, 0.717) is 24.9 Å².